The number of rotatable bonds is 9. The number of carbonyl (C=O) groups is 1. The van der Waals surface area contributed by atoms with Crippen LogP contribution in [0.3, 0.4) is 0 Å². The summed E-state index contributed by atoms with van der Waals surface area (Å²) in [5.41, 5.74) is 2.35. The minimum absolute atomic E-state index is 0.0939. The maximum absolute atomic E-state index is 12.3. The van der Waals surface area contributed by atoms with Crippen molar-refractivity contribution in [3.63, 3.8) is 0 Å². The summed E-state index contributed by atoms with van der Waals surface area (Å²) in [5, 5.41) is 3.02. The number of nitrogens with one attached hydrogen (secondary N) is 1. The molecule has 2 aromatic carbocycles. The zero-order valence-corrected chi connectivity index (χ0v) is 13.7. The van der Waals surface area contributed by atoms with Gasteiger partial charge in [-0.1, -0.05) is 60.7 Å². The number of methoxy groups -OCH3 is 1. The third-order valence-electron chi connectivity index (χ3n) is 3.89. The van der Waals surface area contributed by atoms with Gasteiger partial charge in [0, 0.05) is 32.6 Å². The van der Waals surface area contributed by atoms with Crippen LogP contribution < -0.4 is 5.32 Å². The minimum Gasteiger partial charge on any atom is -0.385 e. The van der Waals surface area contributed by atoms with Gasteiger partial charge < -0.3 is 10.1 Å². The highest BCUT2D eigenvalue weighted by molar-refractivity contribution is 5.77. The Morgan fingerprint density at radius 1 is 0.957 bits per heavy atom. The predicted octanol–water partition coefficient (Wildman–Crippen LogP) is 3.75. The molecule has 0 spiro atoms. The molecule has 0 aromatic heterocycles. The summed E-state index contributed by atoms with van der Waals surface area (Å²) in [7, 11) is 1.70. The predicted molar refractivity (Wildman–Crippen MR) is 93.5 cm³/mol. The van der Waals surface area contributed by atoms with Gasteiger partial charge in [-0.2, -0.15) is 0 Å². The first-order valence-corrected chi connectivity index (χ1v) is 8.17. The van der Waals surface area contributed by atoms with E-state index in [1.807, 2.05) is 36.4 Å². The molecule has 0 bridgehead atoms. The van der Waals surface area contributed by atoms with Crippen LogP contribution in [0.1, 0.15) is 36.3 Å². The molecule has 0 atom stereocenters. The van der Waals surface area contributed by atoms with E-state index in [1.165, 1.54) is 11.1 Å². The van der Waals surface area contributed by atoms with Gasteiger partial charge in [0.15, 0.2) is 0 Å². The molecule has 0 heterocycles. The maximum Gasteiger partial charge on any atom is 0.220 e. The van der Waals surface area contributed by atoms with E-state index in [0.717, 1.165) is 19.4 Å². The number of hydrogen-bond donors (Lipinski definition) is 1. The fourth-order valence-corrected chi connectivity index (χ4v) is 2.66. The van der Waals surface area contributed by atoms with Crippen LogP contribution in [0.15, 0.2) is 60.7 Å². The fourth-order valence-electron chi connectivity index (χ4n) is 2.66. The average molecular weight is 311 g/mol. The van der Waals surface area contributed by atoms with Crippen molar-refractivity contribution in [1.29, 1.82) is 0 Å². The highest BCUT2D eigenvalue weighted by Crippen LogP contribution is 2.27. The van der Waals surface area contributed by atoms with Crippen molar-refractivity contribution in [3.05, 3.63) is 71.8 Å². The van der Waals surface area contributed by atoms with Gasteiger partial charge in [-0.25, -0.2) is 0 Å². The molecular formula is C20H25NO2. The molecule has 0 unspecified atom stereocenters. The Kier molecular flexibility index (Phi) is 7.34. The molecule has 0 radical (unpaired) electrons. The van der Waals surface area contributed by atoms with Crippen molar-refractivity contribution < 1.29 is 9.53 Å². The molecule has 122 valence electrons. The zero-order chi connectivity index (χ0) is 16.3. The minimum atomic E-state index is 0.0939. The normalized spacial score (nSPS) is 10.7. The van der Waals surface area contributed by atoms with Gasteiger partial charge in [0.2, 0.25) is 5.91 Å². The number of unbranched alkanes of at least 4 members (excludes halogenated alkanes) is 1. The summed E-state index contributed by atoms with van der Waals surface area (Å²) in [6.07, 6.45) is 2.39. The van der Waals surface area contributed by atoms with E-state index in [9.17, 15) is 4.79 Å². The van der Waals surface area contributed by atoms with E-state index in [1.54, 1.807) is 7.11 Å². The first kappa shape index (κ1) is 17.2. The van der Waals surface area contributed by atoms with Crippen molar-refractivity contribution in [2.45, 2.75) is 25.2 Å². The average Bonchev–Trinajstić information content (AvgIpc) is 2.61. The molecule has 0 fully saturated rings. The number of hydrogen-bond acceptors (Lipinski definition) is 2. The molecule has 0 aliphatic carbocycles. The molecule has 2 rings (SSSR count). The van der Waals surface area contributed by atoms with E-state index in [4.69, 9.17) is 4.74 Å². The Morgan fingerprint density at radius 3 is 2.04 bits per heavy atom. The highest BCUT2D eigenvalue weighted by Gasteiger charge is 2.17. The van der Waals surface area contributed by atoms with E-state index in [-0.39, 0.29) is 11.8 Å². The van der Waals surface area contributed by atoms with Crippen LogP contribution >= 0.6 is 0 Å². The van der Waals surface area contributed by atoms with Gasteiger partial charge >= 0.3 is 0 Å². The number of benzene rings is 2. The Balaban J connectivity index is 1.97. The summed E-state index contributed by atoms with van der Waals surface area (Å²) >= 11 is 0. The first-order valence-electron chi connectivity index (χ1n) is 8.17. The van der Waals surface area contributed by atoms with Crippen LogP contribution in [0.5, 0.6) is 0 Å². The molecule has 3 nitrogen and oxygen atoms in total. The summed E-state index contributed by atoms with van der Waals surface area (Å²) in [6.45, 7) is 1.45. The molecule has 0 aliphatic rings. The van der Waals surface area contributed by atoms with Gasteiger partial charge in [0.1, 0.15) is 0 Å². The molecule has 0 aliphatic heterocycles. The summed E-state index contributed by atoms with van der Waals surface area (Å²) < 4.78 is 5.02. The lowest BCUT2D eigenvalue weighted by Gasteiger charge is -2.18. The van der Waals surface area contributed by atoms with Gasteiger partial charge in [0.25, 0.3) is 0 Å². The molecular weight excluding hydrogens is 286 g/mol. The second-order valence-electron chi connectivity index (χ2n) is 5.63. The van der Waals surface area contributed by atoms with Crippen LogP contribution in [-0.4, -0.2) is 26.2 Å². The number of amides is 1. The van der Waals surface area contributed by atoms with Gasteiger partial charge in [-0.05, 0) is 24.0 Å². The van der Waals surface area contributed by atoms with Crippen molar-refractivity contribution in [1.82, 2.24) is 5.32 Å². The monoisotopic (exact) mass is 311 g/mol. The van der Waals surface area contributed by atoms with Crippen molar-refractivity contribution in [3.8, 4) is 0 Å². The van der Waals surface area contributed by atoms with Crippen molar-refractivity contribution >= 4 is 5.91 Å². The van der Waals surface area contributed by atoms with E-state index >= 15 is 0 Å². The number of carbonyl (C=O) groups excluding carboxylic acids is 1. The first-order chi connectivity index (χ1) is 11.3. The summed E-state index contributed by atoms with van der Waals surface area (Å²) in [6, 6.07) is 20.4. The SMILES string of the molecule is COCCCCNC(=O)CC(c1ccccc1)c1ccccc1. The van der Waals surface area contributed by atoms with E-state index in [0.29, 0.717) is 13.0 Å². The zero-order valence-electron chi connectivity index (χ0n) is 13.7. The topological polar surface area (TPSA) is 38.3 Å². The van der Waals surface area contributed by atoms with Gasteiger partial charge in [-0.15, -0.1) is 0 Å². The second kappa shape index (κ2) is 9.80. The number of ether oxygens (including phenoxy) is 1. The Hall–Kier alpha value is -2.13. The Labute approximate surface area is 138 Å². The quantitative estimate of drug-likeness (QED) is 0.716. The van der Waals surface area contributed by atoms with Crippen LogP contribution in [0.25, 0.3) is 0 Å². The molecule has 2 aromatic rings. The van der Waals surface area contributed by atoms with Crippen molar-refractivity contribution in [2.75, 3.05) is 20.3 Å². The lowest BCUT2D eigenvalue weighted by Crippen LogP contribution is -2.26. The Morgan fingerprint density at radius 2 is 1.52 bits per heavy atom. The second-order valence-corrected chi connectivity index (χ2v) is 5.63. The van der Waals surface area contributed by atoms with E-state index < -0.39 is 0 Å². The van der Waals surface area contributed by atoms with Crippen LogP contribution in [0.4, 0.5) is 0 Å². The third kappa shape index (κ3) is 5.87. The largest absolute Gasteiger partial charge is 0.385 e. The molecule has 3 heteroatoms. The Bertz CT molecular complexity index is 529. The molecule has 23 heavy (non-hydrogen) atoms. The lowest BCUT2D eigenvalue weighted by molar-refractivity contribution is -0.121. The maximum atomic E-state index is 12.3. The highest BCUT2D eigenvalue weighted by atomic mass is 16.5. The third-order valence-corrected chi connectivity index (χ3v) is 3.89. The van der Waals surface area contributed by atoms with E-state index in [2.05, 4.69) is 29.6 Å². The summed E-state index contributed by atoms with van der Waals surface area (Å²) in [5.74, 6) is 0.191. The molecule has 0 saturated carbocycles. The van der Waals surface area contributed by atoms with Crippen LogP contribution in [0, 0.1) is 0 Å². The molecule has 0 saturated heterocycles. The van der Waals surface area contributed by atoms with Crippen LogP contribution in [0.2, 0.25) is 0 Å². The molecule has 1 N–H and O–H groups in total. The van der Waals surface area contributed by atoms with Crippen LogP contribution in [-0.2, 0) is 9.53 Å². The summed E-state index contributed by atoms with van der Waals surface area (Å²) in [4.78, 5) is 12.3. The smallest absolute Gasteiger partial charge is 0.220 e. The van der Waals surface area contributed by atoms with Gasteiger partial charge in [0.05, 0.1) is 0 Å². The fraction of sp³-hybridized carbons (Fsp3) is 0.350. The standard InChI is InChI=1S/C20H25NO2/c1-23-15-9-8-14-21-20(22)16-19(17-10-4-2-5-11-17)18-12-6-3-7-13-18/h2-7,10-13,19H,8-9,14-16H2,1H3,(H,21,22). The van der Waals surface area contributed by atoms with Gasteiger partial charge in [-0.3, -0.25) is 4.79 Å². The van der Waals surface area contributed by atoms with Crippen molar-refractivity contribution in [2.24, 2.45) is 0 Å². The lowest BCUT2D eigenvalue weighted by atomic mass is 9.88. The molecule has 1 amide bonds.